The lowest BCUT2D eigenvalue weighted by Crippen LogP contribution is -2.30. The van der Waals surface area contributed by atoms with E-state index in [1.165, 1.54) is 48.9 Å². The molecule has 0 unspecified atom stereocenters. The molecule has 2 aromatic carbocycles. The fourth-order valence-electron chi connectivity index (χ4n) is 2.37. The SMILES string of the molecule is COc1ccccc1O[C@@H](C)C(=O)Nc1ccc(S(=O)(=O)Nc2nccs2)cc1. The summed E-state index contributed by atoms with van der Waals surface area (Å²) in [6.45, 7) is 1.61. The van der Waals surface area contributed by atoms with Gasteiger partial charge in [-0.2, -0.15) is 0 Å². The van der Waals surface area contributed by atoms with Crippen LogP contribution in [0.5, 0.6) is 11.5 Å². The van der Waals surface area contributed by atoms with Gasteiger partial charge in [-0.1, -0.05) is 12.1 Å². The molecule has 1 amide bonds. The van der Waals surface area contributed by atoms with E-state index < -0.39 is 16.1 Å². The summed E-state index contributed by atoms with van der Waals surface area (Å²) in [7, 11) is -2.23. The zero-order valence-corrected chi connectivity index (χ0v) is 17.3. The van der Waals surface area contributed by atoms with Gasteiger partial charge in [0.05, 0.1) is 12.0 Å². The summed E-state index contributed by atoms with van der Waals surface area (Å²) >= 11 is 1.18. The zero-order chi connectivity index (χ0) is 20.9. The number of carbonyl (C=O) groups excluding carboxylic acids is 1. The highest BCUT2D eigenvalue weighted by Crippen LogP contribution is 2.27. The number of para-hydroxylation sites is 2. The quantitative estimate of drug-likeness (QED) is 0.564. The second-order valence-electron chi connectivity index (χ2n) is 5.87. The summed E-state index contributed by atoms with van der Waals surface area (Å²) in [5.41, 5.74) is 0.443. The van der Waals surface area contributed by atoms with Gasteiger partial charge in [0.1, 0.15) is 0 Å². The molecule has 3 rings (SSSR count). The summed E-state index contributed by atoms with van der Waals surface area (Å²) in [6.07, 6.45) is 0.719. The summed E-state index contributed by atoms with van der Waals surface area (Å²) < 4.78 is 37.9. The Kier molecular flexibility index (Phi) is 6.35. The van der Waals surface area contributed by atoms with Gasteiger partial charge in [0.15, 0.2) is 22.7 Å². The molecule has 10 heteroatoms. The molecule has 0 aliphatic carbocycles. The largest absolute Gasteiger partial charge is 0.493 e. The molecule has 2 N–H and O–H groups in total. The minimum atomic E-state index is -3.75. The number of hydrogen-bond acceptors (Lipinski definition) is 7. The number of aromatic nitrogens is 1. The van der Waals surface area contributed by atoms with Crippen molar-refractivity contribution in [3.8, 4) is 11.5 Å². The second-order valence-corrected chi connectivity index (χ2v) is 8.44. The number of rotatable bonds is 8. The third-order valence-electron chi connectivity index (χ3n) is 3.83. The van der Waals surface area contributed by atoms with E-state index >= 15 is 0 Å². The molecule has 3 aromatic rings. The Labute approximate surface area is 172 Å². The molecule has 0 radical (unpaired) electrons. The Balaban J connectivity index is 1.63. The molecule has 1 atom stereocenters. The highest BCUT2D eigenvalue weighted by Gasteiger charge is 2.18. The Morgan fingerprint density at radius 2 is 1.79 bits per heavy atom. The molecule has 0 aliphatic heterocycles. The Bertz CT molecular complexity index is 1070. The first kappa shape index (κ1) is 20.6. The van der Waals surface area contributed by atoms with Gasteiger partial charge in [-0.15, -0.1) is 11.3 Å². The van der Waals surface area contributed by atoms with Crippen LogP contribution in [0.4, 0.5) is 10.8 Å². The predicted molar refractivity (Wildman–Crippen MR) is 111 cm³/mol. The van der Waals surface area contributed by atoms with Crippen molar-refractivity contribution in [3.05, 3.63) is 60.1 Å². The van der Waals surface area contributed by atoms with E-state index in [9.17, 15) is 13.2 Å². The average Bonchev–Trinajstić information content (AvgIpc) is 3.21. The van der Waals surface area contributed by atoms with Gasteiger partial charge in [0.2, 0.25) is 0 Å². The molecule has 0 saturated carbocycles. The lowest BCUT2D eigenvalue weighted by molar-refractivity contribution is -0.122. The molecule has 152 valence electrons. The number of anilines is 2. The maximum Gasteiger partial charge on any atom is 0.265 e. The van der Waals surface area contributed by atoms with Crippen LogP contribution in [0.2, 0.25) is 0 Å². The highest BCUT2D eigenvalue weighted by atomic mass is 32.2. The van der Waals surface area contributed by atoms with Gasteiger partial charge in [-0.3, -0.25) is 9.52 Å². The van der Waals surface area contributed by atoms with Crippen LogP contribution in [0.15, 0.2) is 65.0 Å². The minimum Gasteiger partial charge on any atom is -0.493 e. The molecule has 8 nitrogen and oxygen atoms in total. The van der Waals surface area contributed by atoms with Gasteiger partial charge >= 0.3 is 0 Å². The molecular weight excluding hydrogens is 414 g/mol. The number of methoxy groups -OCH3 is 1. The number of nitrogens with zero attached hydrogens (tertiary/aromatic N) is 1. The smallest absolute Gasteiger partial charge is 0.265 e. The first-order chi connectivity index (χ1) is 13.9. The average molecular weight is 434 g/mol. The van der Waals surface area contributed by atoms with Crippen LogP contribution in [-0.4, -0.2) is 32.5 Å². The molecule has 0 aliphatic rings. The summed E-state index contributed by atoms with van der Waals surface area (Å²) in [4.78, 5) is 16.4. The first-order valence-corrected chi connectivity index (χ1v) is 10.9. The summed E-state index contributed by atoms with van der Waals surface area (Å²) in [5.74, 6) is 0.592. The minimum absolute atomic E-state index is 0.0593. The standard InChI is InChI=1S/C19H19N3O5S2/c1-13(27-17-6-4-3-5-16(17)26-2)18(23)21-14-7-9-15(10-8-14)29(24,25)22-19-20-11-12-28-19/h3-13H,1-2H3,(H,20,22)(H,21,23)/t13-/m0/s1. The molecule has 0 fully saturated rings. The van der Waals surface area contributed by atoms with E-state index in [1.54, 1.807) is 36.6 Å². The number of hydrogen-bond donors (Lipinski definition) is 2. The third-order valence-corrected chi connectivity index (χ3v) is 6.00. The number of ether oxygens (including phenoxy) is 2. The van der Waals surface area contributed by atoms with Gasteiger partial charge in [-0.05, 0) is 43.3 Å². The number of benzene rings is 2. The van der Waals surface area contributed by atoms with Crippen molar-refractivity contribution in [3.63, 3.8) is 0 Å². The van der Waals surface area contributed by atoms with Crippen LogP contribution in [0, 0.1) is 0 Å². The van der Waals surface area contributed by atoms with Crippen LogP contribution in [-0.2, 0) is 14.8 Å². The molecular formula is C19H19N3O5S2. The van der Waals surface area contributed by atoms with Crippen molar-refractivity contribution in [2.75, 3.05) is 17.1 Å². The van der Waals surface area contributed by atoms with E-state index in [0.717, 1.165) is 0 Å². The zero-order valence-electron chi connectivity index (χ0n) is 15.7. The Morgan fingerprint density at radius 1 is 1.10 bits per heavy atom. The van der Waals surface area contributed by atoms with Crippen molar-refractivity contribution < 1.29 is 22.7 Å². The number of carbonyl (C=O) groups is 1. The summed E-state index contributed by atoms with van der Waals surface area (Å²) in [6, 6.07) is 12.8. The van der Waals surface area contributed by atoms with E-state index in [1.807, 2.05) is 0 Å². The lowest BCUT2D eigenvalue weighted by Gasteiger charge is -2.16. The maximum absolute atomic E-state index is 12.4. The monoisotopic (exact) mass is 433 g/mol. The van der Waals surface area contributed by atoms with Gasteiger partial charge in [-0.25, -0.2) is 13.4 Å². The van der Waals surface area contributed by atoms with Crippen LogP contribution >= 0.6 is 11.3 Å². The number of sulfonamides is 1. The first-order valence-electron chi connectivity index (χ1n) is 8.52. The van der Waals surface area contributed by atoms with Crippen molar-refractivity contribution in [2.45, 2.75) is 17.9 Å². The molecule has 1 heterocycles. The Morgan fingerprint density at radius 3 is 2.41 bits per heavy atom. The van der Waals surface area contributed by atoms with Crippen molar-refractivity contribution in [1.82, 2.24) is 4.98 Å². The number of nitrogens with one attached hydrogen (secondary N) is 2. The van der Waals surface area contributed by atoms with Crippen LogP contribution < -0.4 is 19.5 Å². The molecule has 0 bridgehead atoms. The second kappa shape index (κ2) is 8.93. The summed E-state index contributed by atoms with van der Waals surface area (Å²) in [5, 5.41) is 4.65. The topological polar surface area (TPSA) is 107 Å². The highest BCUT2D eigenvalue weighted by molar-refractivity contribution is 7.93. The lowest BCUT2D eigenvalue weighted by atomic mass is 10.3. The van der Waals surface area contributed by atoms with Crippen molar-refractivity contribution >= 4 is 38.1 Å². The Hall–Kier alpha value is -3.11. The van der Waals surface area contributed by atoms with Crippen LogP contribution in [0.1, 0.15) is 6.92 Å². The van der Waals surface area contributed by atoms with Crippen LogP contribution in [0.3, 0.4) is 0 Å². The predicted octanol–water partition coefficient (Wildman–Crippen LogP) is 3.36. The van der Waals surface area contributed by atoms with E-state index in [-0.39, 0.29) is 15.9 Å². The van der Waals surface area contributed by atoms with E-state index in [4.69, 9.17) is 9.47 Å². The normalized spacial score (nSPS) is 12.1. The van der Waals surface area contributed by atoms with Gasteiger partial charge in [0, 0.05) is 17.3 Å². The van der Waals surface area contributed by atoms with Gasteiger partial charge in [0.25, 0.3) is 15.9 Å². The number of amides is 1. The maximum atomic E-state index is 12.4. The van der Waals surface area contributed by atoms with Crippen molar-refractivity contribution in [1.29, 1.82) is 0 Å². The van der Waals surface area contributed by atoms with Crippen molar-refractivity contribution in [2.24, 2.45) is 0 Å². The molecule has 0 spiro atoms. The molecule has 29 heavy (non-hydrogen) atoms. The van der Waals surface area contributed by atoms with E-state index in [0.29, 0.717) is 17.2 Å². The van der Waals surface area contributed by atoms with Gasteiger partial charge < -0.3 is 14.8 Å². The fourth-order valence-corrected chi connectivity index (χ4v) is 4.16. The number of thiazole rings is 1. The van der Waals surface area contributed by atoms with Crippen LogP contribution in [0.25, 0.3) is 0 Å². The van der Waals surface area contributed by atoms with E-state index in [2.05, 4.69) is 15.0 Å². The third kappa shape index (κ3) is 5.24. The molecule has 1 aromatic heterocycles. The molecule has 0 saturated heterocycles. The fraction of sp³-hybridized carbons (Fsp3) is 0.158.